The second kappa shape index (κ2) is 9.99. The molecular weight excluding hydrogens is 435 g/mol. The third-order valence-electron chi connectivity index (χ3n) is 5.11. The molecule has 2 aromatic rings. The van der Waals surface area contributed by atoms with Gasteiger partial charge in [-0.15, -0.1) is 0 Å². The smallest absolute Gasteiger partial charge is 0.284 e. The second-order valence-corrected chi connectivity index (χ2v) is 7.64. The Morgan fingerprint density at radius 2 is 1.55 bits per heavy atom. The first kappa shape index (κ1) is 25.1. The van der Waals surface area contributed by atoms with Crippen molar-refractivity contribution in [3.05, 3.63) is 60.2 Å². The Hall–Kier alpha value is -2.13. The monoisotopic (exact) mass is 460 g/mol. The summed E-state index contributed by atoms with van der Waals surface area (Å²) < 4.78 is 65.8. The van der Waals surface area contributed by atoms with Crippen LogP contribution in [0.4, 0.5) is 22.0 Å². The molecule has 31 heavy (non-hydrogen) atoms. The first-order chi connectivity index (χ1) is 14.5. The van der Waals surface area contributed by atoms with Crippen molar-refractivity contribution >= 4 is 18.5 Å². The summed E-state index contributed by atoms with van der Waals surface area (Å²) in [4.78, 5) is 12.5. The SMILES string of the molecule is CC1(N)CN(C(=O)[C@@H]2C[C@@H]2F)CC1(F)F.CS.Fc1cccc(F)c1-c1ccccc1. The van der Waals surface area contributed by atoms with Crippen LogP contribution in [0.1, 0.15) is 13.3 Å². The highest BCUT2D eigenvalue weighted by atomic mass is 32.1. The van der Waals surface area contributed by atoms with Gasteiger partial charge >= 0.3 is 0 Å². The van der Waals surface area contributed by atoms with Crippen molar-refractivity contribution in [2.45, 2.75) is 31.0 Å². The number of halogens is 5. The summed E-state index contributed by atoms with van der Waals surface area (Å²) in [5.74, 6) is -5.40. The number of carbonyl (C=O) groups is 1. The topological polar surface area (TPSA) is 46.3 Å². The summed E-state index contributed by atoms with van der Waals surface area (Å²) in [7, 11) is 0. The van der Waals surface area contributed by atoms with Gasteiger partial charge in [0.2, 0.25) is 5.91 Å². The molecule has 0 bridgehead atoms. The van der Waals surface area contributed by atoms with Gasteiger partial charge in [-0.3, -0.25) is 4.79 Å². The Kier molecular flexibility index (Phi) is 8.10. The minimum Gasteiger partial charge on any atom is -0.334 e. The van der Waals surface area contributed by atoms with Gasteiger partial charge in [-0.25, -0.2) is 22.0 Å². The molecule has 2 N–H and O–H groups in total. The Balaban J connectivity index is 0.000000204. The molecule has 1 aliphatic heterocycles. The van der Waals surface area contributed by atoms with Crippen LogP contribution in [0.15, 0.2) is 48.5 Å². The lowest BCUT2D eigenvalue weighted by Crippen LogP contribution is -2.52. The molecule has 0 radical (unpaired) electrons. The van der Waals surface area contributed by atoms with E-state index in [-0.39, 0.29) is 18.5 Å². The average molecular weight is 461 g/mol. The van der Waals surface area contributed by atoms with Gasteiger partial charge < -0.3 is 10.6 Å². The molecule has 0 aromatic heterocycles. The molecule has 170 valence electrons. The second-order valence-electron chi connectivity index (χ2n) is 7.64. The number of thiol groups is 1. The third-order valence-corrected chi connectivity index (χ3v) is 5.11. The van der Waals surface area contributed by atoms with E-state index in [1.807, 2.05) is 6.07 Å². The summed E-state index contributed by atoms with van der Waals surface area (Å²) in [5.41, 5.74) is 4.29. The van der Waals surface area contributed by atoms with Crippen molar-refractivity contribution in [3.8, 4) is 11.1 Å². The Morgan fingerprint density at radius 1 is 1.03 bits per heavy atom. The molecule has 1 saturated carbocycles. The van der Waals surface area contributed by atoms with Crippen LogP contribution in [-0.4, -0.2) is 47.8 Å². The van der Waals surface area contributed by atoms with Crippen LogP contribution in [-0.2, 0) is 4.79 Å². The maximum Gasteiger partial charge on any atom is 0.284 e. The van der Waals surface area contributed by atoms with Crippen molar-refractivity contribution < 1.29 is 26.7 Å². The predicted octanol–water partition coefficient (Wildman–Crippen LogP) is 4.72. The Morgan fingerprint density at radius 3 is 1.97 bits per heavy atom. The summed E-state index contributed by atoms with van der Waals surface area (Å²) >= 11 is 3.53. The van der Waals surface area contributed by atoms with Gasteiger partial charge in [0.15, 0.2) is 0 Å². The van der Waals surface area contributed by atoms with E-state index in [9.17, 15) is 26.7 Å². The zero-order valence-electron chi connectivity index (χ0n) is 17.2. The molecule has 3 atom stereocenters. The van der Waals surface area contributed by atoms with Gasteiger partial charge in [0.1, 0.15) is 17.8 Å². The summed E-state index contributed by atoms with van der Waals surface area (Å²) in [6, 6.07) is 12.5. The number of rotatable bonds is 2. The van der Waals surface area contributed by atoms with E-state index in [0.717, 1.165) is 4.90 Å². The van der Waals surface area contributed by atoms with Crippen molar-refractivity contribution in [2.24, 2.45) is 11.7 Å². The van der Waals surface area contributed by atoms with E-state index in [1.165, 1.54) is 25.1 Å². The van der Waals surface area contributed by atoms with Crippen LogP contribution in [0, 0.1) is 17.6 Å². The zero-order chi connectivity index (χ0) is 23.4. The standard InChI is InChI=1S/C12H8F2.C9H13F3N2O.CH4S/c13-10-7-4-8-11(14)12(10)9-5-2-1-3-6-9;1-8(13)3-14(4-9(8,11)12)7(15)5-2-6(5)10;1-2/h1-8H;5-6H,2-4,13H2,1H3;2H,1H3/t;5-,6+,8?;/m.1./s1. The van der Waals surface area contributed by atoms with Gasteiger partial charge in [-0.1, -0.05) is 36.4 Å². The number of hydrogen-bond donors (Lipinski definition) is 2. The number of benzene rings is 2. The molecule has 2 aliphatic rings. The fourth-order valence-electron chi connectivity index (χ4n) is 3.18. The summed E-state index contributed by atoms with van der Waals surface area (Å²) in [6.07, 6.45) is 0.693. The molecule has 1 heterocycles. The van der Waals surface area contributed by atoms with E-state index in [4.69, 9.17) is 5.73 Å². The quantitative estimate of drug-likeness (QED) is 0.504. The Labute approximate surface area is 183 Å². The van der Waals surface area contributed by atoms with E-state index in [1.54, 1.807) is 30.5 Å². The van der Waals surface area contributed by atoms with Crippen molar-refractivity contribution in [3.63, 3.8) is 0 Å². The number of likely N-dealkylation sites (tertiary alicyclic amines) is 1. The molecule has 4 rings (SSSR count). The van der Waals surface area contributed by atoms with Gasteiger partial charge in [0.05, 0.1) is 23.6 Å². The molecule has 3 nitrogen and oxygen atoms in total. The van der Waals surface area contributed by atoms with Crippen LogP contribution in [0.3, 0.4) is 0 Å². The van der Waals surface area contributed by atoms with E-state index in [0.29, 0.717) is 5.56 Å². The molecular formula is C22H25F5N2OS. The predicted molar refractivity (Wildman–Crippen MR) is 114 cm³/mol. The lowest BCUT2D eigenvalue weighted by atomic mass is 10.00. The zero-order valence-corrected chi connectivity index (χ0v) is 18.1. The summed E-state index contributed by atoms with van der Waals surface area (Å²) in [5, 5.41) is 0. The first-order valence-corrected chi connectivity index (χ1v) is 10.5. The van der Waals surface area contributed by atoms with Gasteiger partial charge in [0.25, 0.3) is 5.92 Å². The van der Waals surface area contributed by atoms with E-state index < -0.39 is 47.6 Å². The molecule has 1 unspecified atom stereocenters. The van der Waals surface area contributed by atoms with E-state index >= 15 is 0 Å². The third kappa shape index (κ3) is 5.77. The van der Waals surface area contributed by atoms with E-state index in [2.05, 4.69) is 12.6 Å². The average Bonchev–Trinajstić information content (AvgIpc) is 3.40. The normalized spacial score (nSPS) is 25.6. The van der Waals surface area contributed by atoms with Crippen LogP contribution in [0.2, 0.25) is 0 Å². The Bertz CT molecular complexity index is 858. The first-order valence-electron chi connectivity index (χ1n) is 9.57. The highest BCUT2D eigenvalue weighted by Crippen LogP contribution is 2.40. The number of amides is 1. The number of alkyl halides is 3. The van der Waals surface area contributed by atoms with Crippen molar-refractivity contribution in [1.82, 2.24) is 4.90 Å². The maximum atomic E-state index is 13.3. The molecule has 9 heteroatoms. The fraction of sp³-hybridized carbons (Fsp3) is 0.409. The minimum atomic E-state index is -3.09. The highest BCUT2D eigenvalue weighted by molar-refractivity contribution is 7.79. The van der Waals surface area contributed by atoms with Crippen molar-refractivity contribution in [2.75, 3.05) is 19.3 Å². The van der Waals surface area contributed by atoms with Gasteiger partial charge in [-0.2, -0.15) is 12.6 Å². The van der Waals surface area contributed by atoms with Crippen LogP contribution in [0.25, 0.3) is 11.1 Å². The fourth-order valence-corrected chi connectivity index (χ4v) is 3.18. The molecule has 1 amide bonds. The van der Waals surface area contributed by atoms with Gasteiger partial charge in [0, 0.05) is 6.54 Å². The number of hydrogen-bond acceptors (Lipinski definition) is 3. The number of nitrogens with two attached hydrogens (primary N) is 1. The number of nitrogens with zero attached hydrogens (tertiary/aromatic N) is 1. The molecule has 2 fully saturated rings. The minimum absolute atomic E-state index is 0.0353. The summed E-state index contributed by atoms with van der Waals surface area (Å²) in [6.45, 7) is 0.310. The molecule has 1 aliphatic carbocycles. The number of carbonyl (C=O) groups excluding carboxylic acids is 1. The maximum absolute atomic E-state index is 13.3. The van der Waals surface area contributed by atoms with Crippen LogP contribution >= 0.6 is 12.6 Å². The molecule has 0 spiro atoms. The van der Waals surface area contributed by atoms with Crippen molar-refractivity contribution in [1.29, 1.82) is 0 Å². The molecule has 2 aromatic carbocycles. The highest BCUT2D eigenvalue weighted by Gasteiger charge is 2.58. The van der Waals surface area contributed by atoms with Crippen LogP contribution < -0.4 is 5.73 Å². The van der Waals surface area contributed by atoms with Crippen LogP contribution in [0.5, 0.6) is 0 Å². The van der Waals surface area contributed by atoms with Gasteiger partial charge in [-0.05, 0) is 37.3 Å². The molecule has 1 saturated heterocycles. The lowest BCUT2D eigenvalue weighted by Gasteiger charge is -2.23. The largest absolute Gasteiger partial charge is 0.334 e. The lowest BCUT2D eigenvalue weighted by molar-refractivity contribution is -0.133.